The van der Waals surface area contributed by atoms with Gasteiger partial charge < -0.3 is 14.3 Å². The molecule has 0 bridgehead atoms. The molecule has 3 aromatic rings. The molecule has 160 valence electrons. The monoisotopic (exact) mass is 430 g/mol. The first-order valence-electron chi connectivity index (χ1n) is 10.4. The van der Waals surface area contributed by atoms with Gasteiger partial charge in [-0.3, -0.25) is 0 Å². The Balaban J connectivity index is 1.15. The van der Waals surface area contributed by atoms with Gasteiger partial charge in [-0.2, -0.15) is 0 Å². The van der Waals surface area contributed by atoms with Gasteiger partial charge in [-0.15, -0.1) is 0 Å². The van der Waals surface area contributed by atoms with Crippen molar-refractivity contribution in [2.75, 3.05) is 30.8 Å². The number of rotatable bonds is 6. The van der Waals surface area contributed by atoms with Crippen molar-refractivity contribution in [3.8, 4) is 0 Å². The second kappa shape index (κ2) is 7.66. The number of H-pyrrole nitrogens is 1. The van der Waals surface area contributed by atoms with Gasteiger partial charge in [0.2, 0.25) is 10.0 Å². The molecule has 2 fully saturated rings. The van der Waals surface area contributed by atoms with Gasteiger partial charge in [0, 0.05) is 38.3 Å². The van der Waals surface area contributed by atoms with Gasteiger partial charge in [0.1, 0.15) is 23.6 Å². The Kier molecular flexibility index (Phi) is 4.98. The van der Waals surface area contributed by atoms with E-state index in [0.717, 1.165) is 48.3 Å². The van der Waals surface area contributed by atoms with Crippen molar-refractivity contribution >= 4 is 26.9 Å². The fourth-order valence-corrected chi connectivity index (χ4v) is 6.56. The van der Waals surface area contributed by atoms with Crippen LogP contribution >= 0.6 is 0 Å². The van der Waals surface area contributed by atoms with Crippen LogP contribution in [0.5, 0.6) is 0 Å². The summed E-state index contributed by atoms with van der Waals surface area (Å²) < 4.78 is 32.9. The maximum absolute atomic E-state index is 12.9. The SMILES string of the molecule is CN(c1ncnc2[nH]ccc12)C1CC(CS(=O)(=O)N2CCC(c3cnco3)CC2)C1. The van der Waals surface area contributed by atoms with E-state index in [9.17, 15) is 8.42 Å². The van der Waals surface area contributed by atoms with Gasteiger partial charge in [-0.05, 0) is 37.7 Å². The van der Waals surface area contributed by atoms with E-state index in [1.807, 2.05) is 19.3 Å². The second-order valence-corrected chi connectivity index (χ2v) is 10.4. The molecule has 0 spiro atoms. The lowest BCUT2D eigenvalue weighted by atomic mass is 9.81. The van der Waals surface area contributed by atoms with Gasteiger partial charge in [-0.1, -0.05) is 0 Å². The molecule has 0 aromatic carbocycles. The number of fused-ring (bicyclic) bond motifs is 1. The first-order chi connectivity index (χ1) is 14.5. The minimum atomic E-state index is -3.24. The molecule has 0 unspecified atom stereocenters. The number of nitrogens with zero attached hydrogens (tertiary/aromatic N) is 5. The summed E-state index contributed by atoms with van der Waals surface area (Å²) in [6.07, 6.45) is 9.88. The van der Waals surface area contributed by atoms with Gasteiger partial charge in [0.25, 0.3) is 0 Å². The normalized spacial score (nSPS) is 23.5. The molecule has 1 saturated heterocycles. The van der Waals surface area contributed by atoms with Crippen LogP contribution in [0, 0.1) is 5.92 Å². The zero-order valence-electron chi connectivity index (χ0n) is 16.9. The molecule has 1 aliphatic carbocycles. The van der Waals surface area contributed by atoms with E-state index in [1.165, 1.54) is 6.39 Å². The fraction of sp³-hybridized carbons (Fsp3) is 0.550. The summed E-state index contributed by atoms with van der Waals surface area (Å²) in [4.78, 5) is 17.9. The summed E-state index contributed by atoms with van der Waals surface area (Å²) in [5.74, 6) is 2.44. The summed E-state index contributed by atoms with van der Waals surface area (Å²) in [5.41, 5.74) is 0.819. The maximum atomic E-state index is 12.9. The maximum Gasteiger partial charge on any atom is 0.214 e. The lowest BCUT2D eigenvalue weighted by Crippen LogP contribution is -2.48. The lowest BCUT2D eigenvalue weighted by Gasteiger charge is -2.42. The molecule has 1 saturated carbocycles. The highest BCUT2D eigenvalue weighted by Gasteiger charge is 2.38. The molecule has 2 aliphatic rings. The summed E-state index contributed by atoms with van der Waals surface area (Å²) in [5, 5.41) is 0.991. The first kappa shape index (κ1) is 19.5. The van der Waals surface area contributed by atoms with Crippen LogP contribution in [0.4, 0.5) is 5.82 Å². The van der Waals surface area contributed by atoms with Gasteiger partial charge in [0.05, 0.1) is 17.3 Å². The van der Waals surface area contributed by atoms with E-state index in [1.54, 1.807) is 16.8 Å². The molecule has 0 atom stereocenters. The topological polar surface area (TPSA) is 108 Å². The number of nitrogens with one attached hydrogen (secondary N) is 1. The molecule has 0 radical (unpaired) electrons. The van der Waals surface area contributed by atoms with E-state index in [0.29, 0.717) is 19.1 Å². The lowest BCUT2D eigenvalue weighted by molar-refractivity contribution is 0.266. The largest absolute Gasteiger partial charge is 0.448 e. The van der Waals surface area contributed by atoms with Crippen molar-refractivity contribution in [3.63, 3.8) is 0 Å². The number of hydrogen-bond donors (Lipinski definition) is 1. The minimum absolute atomic E-state index is 0.193. The van der Waals surface area contributed by atoms with Crippen LogP contribution in [0.25, 0.3) is 11.0 Å². The molecular weight excluding hydrogens is 404 g/mol. The molecule has 1 N–H and O–H groups in total. The van der Waals surface area contributed by atoms with Crippen LogP contribution in [0.15, 0.2) is 35.6 Å². The number of piperidine rings is 1. The Morgan fingerprint density at radius 3 is 2.80 bits per heavy atom. The van der Waals surface area contributed by atoms with Crippen molar-refractivity contribution < 1.29 is 12.8 Å². The van der Waals surface area contributed by atoms with Gasteiger partial charge >= 0.3 is 0 Å². The van der Waals surface area contributed by atoms with E-state index in [4.69, 9.17) is 4.42 Å². The van der Waals surface area contributed by atoms with Crippen molar-refractivity contribution in [2.24, 2.45) is 5.92 Å². The van der Waals surface area contributed by atoms with Crippen molar-refractivity contribution in [2.45, 2.75) is 37.6 Å². The third-order valence-electron chi connectivity index (χ3n) is 6.57. The van der Waals surface area contributed by atoms with Crippen LogP contribution in [-0.4, -0.2) is 64.6 Å². The second-order valence-electron chi connectivity index (χ2n) is 8.40. The highest BCUT2D eigenvalue weighted by atomic mass is 32.2. The molecular formula is C20H26N6O3S. The average molecular weight is 431 g/mol. The fourth-order valence-electron chi connectivity index (χ4n) is 4.71. The Hall–Kier alpha value is -2.46. The Bertz CT molecular complexity index is 1100. The van der Waals surface area contributed by atoms with Crippen LogP contribution in [-0.2, 0) is 10.0 Å². The van der Waals surface area contributed by atoms with Gasteiger partial charge in [-0.25, -0.2) is 27.7 Å². The highest BCUT2D eigenvalue weighted by Crippen LogP contribution is 2.37. The third kappa shape index (κ3) is 3.58. The van der Waals surface area contributed by atoms with Crippen LogP contribution < -0.4 is 4.90 Å². The molecule has 10 heteroatoms. The summed E-state index contributed by atoms with van der Waals surface area (Å²) in [7, 11) is -1.21. The molecule has 9 nitrogen and oxygen atoms in total. The zero-order valence-corrected chi connectivity index (χ0v) is 17.8. The van der Waals surface area contributed by atoms with Crippen LogP contribution in [0.3, 0.4) is 0 Å². The number of hydrogen-bond acceptors (Lipinski definition) is 7. The zero-order chi connectivity index (χ0) is 20.7. The number of sulfonamides is 1. The number of anilines is 1. The number of aromatic amines is 1. The molecule has 1 aliphatic heterocycles. The molecule has 3 aromatic heterocycles. The van der Waals surface area contributed by atoms with E-state index in [2.05, 4.69) is 24.8 Å². The van der Waals surface area contributed by atoms with Crippen LogP contribution in [0.2, 0.25) is 0 Å². The Morgan fingerprint density at radius 1 is 1.27 bits per heavy atom. The van der Waals surface area contributed by atoms with Crippen molar-refractivity contribution in [1.29, 1.82) is 0 Å². The molecule has 30 heavy (non-hydrogen) atoms. The van der Waals surface area contributed by atoms with Crippen LogP contribution in [0.1, 0.15) is 37.4 Å². The van der Waals surface area contributed by atoms with E-state index >= 15 is 0 Å². The molecule has 5 rings (SSSR count). The summed E-state index contributed by atoms with van der Waals surface area (Å²) in [6.45, 7) is 1.10. The third-order valence-corrected chi connectivity index (χ3v) is 8.62. The predicted molar refractivity (Wildman–Crippen MR) is 113 cm³/mol. The van der Waals surface area contributed by atoms with Gasteiger partial charge in [0.15, 0.2) is 6.39 Å². The highest BCUT2D eigenvalue weighted by molar-refractivity contribution is 7.89. The summed E-state index contributed by atoms with van der Waals surface area (Å²) in [6, 6.07) is 2.28. The van der Waals surface area contributed by atoms with E-state index in [-0.39, 0.29) is 17.6 Å². The van der Waals surface area contributed by atoms with Crippen molar-refractivity contribution in [3.05, 3.63) is 36.9 Å². The quantitative estimate of drug-likeness (QED) is 0.639. The smallest absolute Gasteiger partial charge is 0.214 e. The number of aromatic nitrogens is 4. The molecule has 0 amide bonds. The average Bonchev–Trinajstić information content (AvgIpc) is 3.41. The predicted octanol–water partition coefficient (Wildman–Crippen LogP) is 2.37. The minimum Gasteiger partial charge on any atom is -0.448 e. The molecule has 4 heterocycles. The first-order valence-corrected chi connectivity index (χ1v) is 12.0. The summed E-state index contributed by atoms with van der Waals surface area (Å²) >= 11 is 0. The van der Waals surface area contributed by atoms with E-state index < -0.39 is 10.0 Å². The standard InChI is InChI=1S/C20H26N6O3S/c1-25(20-17-2-5-22-19(17)23-12-24-20)16-8-14(9-16)11-30(27,28)26-6-3-15(4-7-26)18-10-21-13-29-18/h2,5,10,12-16H,3-4,6-9,11H2,1H3,(H,22,23,24). The number of oxazole rings is 1. The van der Waals surface area contributed by atoms with Crippen molar-refractivity contribution in [1.82, 2.24) is 24.2 Å². The Labute approximate surface area is 175 Å². The Morgan fingerprint density at radius 2 is 2.07 bits per heavy atom.